The van der Waals surface area contributed by atoms with E-state index in [-0.39, 0.29) is 24.1 Å². The Balaban J connectivity index is 1.50. The molecule has 1 aliphatic heterocycles. The Kier molecular flexibility index (Phi) is 5.98. The van der Waals surface area contributed by atoms with Gasteiger partial charge >= 0.3 is 0 Å². The molecular formula is C23H26ClN5O2. The third-order valence-electron chi connectivity index (χ3n) is 5.74. The van der Waals surface area contributed by atoms with Gasteiger partial charge in [-0.25, -0.2) is 5.10 Å². The summed E-state index contributed by atoms with van der Waals surface area (Å²) in [6.45, 7) is 3.49. The van der Waals surface area contributed by atoms with Crippen molar-refractivity contribution >= 4 is 34.0 Å². The standard InChI is InChI=1S/C23H26ClN5O2/c1-14-18-6-4-16(24)10-15(18)8-9-29(14)22(30)12-25-17-5-7-19-20(11-17)21(13-28(2)3)26-27-23(19)31/h4-7,10-11,14,25H,8-9,12-13H2,1-3H3,(H,27,31)/t14-/m0/s1. The number of benzene rings is 2. The van der Waals surface area contributed by atoms with Gasteiger partial charge in [-0.3, -0.25) is 9.59 Å². The van der Waals surface area contributed by atoms with E-state index in [1.807, 2.05) is 61.2 Å². The van der Waals surface area contributed by atoms with Crippen LogP contribution >= 0.6 is 11.6 Å². The summed E-state index contributed by atoms with van der Waals surface area (Å²) in [6.07, 6.45) is 0.796. The Morgan fingerprint density at radius 1 is 1.26 bits per heavy atom. The first-order valence-electron chi connectivity index (χ1n) is 10.3. The molecule has 1 amide bonds. The predicted octanol–water partition coefficient (Wildman–Crippen LogP) is 3.20. The van der Waals surface area contributed by atoms with Crippen molar-refractivity contribution in [3.8, 4) is 0 Å². The van der Waals surface area contributed by atoms with Gasteiger partial charge < -0.3 is 15.1 Å². The molecular weight excluding hydrogens is 414 g/mol. The molecule has 0 aliphatic carbocycles. The lowest BCUT2D eigenvalue weighted by atomic mass is 9.93. The third-order valence-corrected chi connectivity index (χ3v) is 5.98. The van der Waals surface area contributed by atoms with Crippen molar-refractivity contribution in [1.29, 1.82) is 0 Å². The molecule has 0 spiro atoms. The lowest BCUT2D eigenvalue weighted by Crippen LogP contribution is -2.41. The van der Waals surface area contributed by atoms with Gasteiger partial charge in [-0.1, -0.05) is 17.7 Å². The predicted molar refractivity (Wildman–Crippen MR) is 124 cm³/mol. The van der Waals surface area contributed by atoms with Gasteiger partial charge in [-0.2, -0.15) is 5.10 Å². The minimum Gasteiger partial charge on any atom is -0.376 e. The average molecular weight is 440 g/mol. The molecule has 0 saturated heterocycles. The van der Waals surface area contributed by atoms with E-state index >= 15 is 0 Å². The van der Waals surface area contributed by atoms with E-state index in [9.17, 15) is 9.59 Å². The summed E-state index contributed by atoms with van der Waals surface area (Å²) < 4.78 is 0. The number of hydrogen-bond donors (Lipinski definition) is 2. The number of amides is 1. The normalized spacial score (nSPS) is 15.9. The fourth-order valence-corrected chi connectivity index (χ4v) is 4.37. The van der Waals surface area contributed by atoms with Crippen LogP contribution in [-0.4, -0.2) is 53.1 Å². The Hall–Kier alpha value is -2.90. The fourth-order valence-electron chi connectivity index (χ4n) is 4.17. The SMILES string of the molecule is C[C@H]1c2ccc(Cl)cc2CCN1C(=O)CNc1ccc2c(=O)[nH]nc(CN(C)C)c2c1. The zero-order valence-corrected chi connectivity index (χ0v) is 18.7. The van der Waals surface area contributed by atoms with E-state index < -0.39 is 0 Å². The Labute approximate surface area is 186 Å². The van der Waals surface area contributed by atoms with Crippen LogP contribution in [0.25, 0.3) is 10.8 Å². The Bertz CT molecular complexity index is 1190. The smallest absolute Gasteiger partial charge is 0.272 e. The second-order valence-corrected chi connectivity index (χ2v) is 8.64. The van der Waals surface area contributed by atoms with Gasteiger partial charge in [0.2, 0.25) is 5.91 Å². The summed E-state index contributed by atoms with van der Waals surface area (Å²) >= 11 is 6.11. The number of H-pyrrole nitrogens is 1. The van der Waals surface area contributed by atoms with Crippen LogP contribution in [0.3, 0.4) is 0 Å². The molecule has 0 saturated carbocycles. The molecule has 3 aromatic rings. The molecule has 1 atom stereocenters. The van der Waals surface area contributed by atoms with E-state index in [0.29, 0.717) is 18.5 Å². The zero-order valence-electron chi connectivity index (χ0n) is 17.9. The monoisotopic (exact) mass is 439 g/mol. The number of halogens is 1. The number of nitrogens with one attached hydrogen (secondary N) is 2. The molecule has 2 heterocycles. The van der Waals surface area contributed by atoms with Crippen LogP contribution in [0.4, 0.5) is 5.69 Å². The second-order valence-electron chi connectivity index (χ2n) is 8.21. The van der Waals surface area contributed by atoms with E-state index in [1.54, 1.807) is 6.07 Å². The van der Waals surface area contributed by atoms with Crippen LogP contribution in [0.2, 0.25) is 5.02 Å². The van der Waals surface area contributed by atoms with E-state index in [2.05, 4.69) is 15.5 Å². The highest BCUT2D eigenvalue weighted by Crippen LogP contribution is 2.31. The Morgan fingerprint density at radius 2 is 2.06 bits per heavy atom. The summed E-state index contributed by atoms with van der Waals surface area (Å²) in [5.41, 5.74) is 3.70. The van der Waals surface area contributed by atoms with Crippen LogP contribution in [0.1, 0.15) is 29.8 Å². The van der Waals surface area contributed by atoms with Gasteiger partial charge in [0.05, 0.1) is 23.7 Å². The largest absolute Gasteiger partial charge is 0.376 e. The number of anilines is 1. The fraction of sp³-hybridized carbons (Fsp3) is 0.348. The summed E-state index contributed by atoms with van der Waals surface area (Å²) in [5.74, 6) is 0.0331. The first-order chi connectivity index (χ1) is 14.8. The maximum absolute atomic E-state index is 13.0. The van der Waals surface area contributed by atoms with Crippen molar-refractivity contribution < 1.29 is 4.79 Å². The number of rotatable bonds is 5. The molecule has 0 fully saturated rings. The first kappa shape index (κ1) is 21.3. The molecule has 162 valence electrons. The number of aromatic amines is 1. The van der Waals surface area contributed by atoms with Crippen LogP contribution in [0.5, 0.6) is 0 Å². The maximum atomic E-state index is 13.0. The van der Waals surface area contributed by atoms with E-state index in [1.165, 1.54) is 5.56 Å². The molecule has 1 aromatic heterocycles. The average Bonchev–Trinajstić information content (AvgIpc) is 2.74. The molecule has 0 unspecified atom stereocenters. The molecule has 2 N–H and O–H groups in total. The van der Waals surface area contributed by atoms with Gasteiger partial charge in [-0.05, 0) is 68.9 Å². The van der Waals surface area contributed by atoms with Crippen molar-refractivity contribution in [1.82, 2.24) is 20.0 Å². The lowest BCUT2D eigenvalue weighted by Gasteiger charge is -2.35. The molecule has 2 aromatic carbocycles. The second kappa shape index (κ2) is 8.69. The van der Waals surface area contributed by atoms with Crippen molar-refractivity contribution in [2.75, 3.05) is 32.5 Å². The minimum absolute atomic E-state index is 0.00127. The van der Waals surface area contributed by atoms with Gasteiger partial charge in [0, 0.05) is 29.2 Å². The van der Waals surface area contributed by atoms with Crippen molar-refractivity contribution in [3.05, 3.63) is 68.6 Å². The van der Waals surface area contributed by atoms with Gasteiger partial charge in [0.15, 0.2) is 0 Å². The van der Waals surface area contributed by atoms with Crippen molar-refractivity contribution in [3.63, 3.8) is 0 Å². The number of carbonyl (C=O) groups excluding carboxylic acids is 1. The van der Waals surface area contributed by atoms with E-state index in [0.717, 1.165) is 33.8 Å². The van der Waals surface area contributed by atoms with Crippen LogP contribution < -0.4 is 10.9 Å². The number of fused-ring (bicyclic) bond motifs is 2. The van der Waals surface area contributed by atoms with Crippen LogP contribution in [0.15, 0.2) is 41.2 Å². The highest BCUT2D eigenvalue weighted by molar-refractivity contribution is 6.30. The molecule has 0 bridgehead atoms. The Morgan fingerprint density at radius 3 is 2.84 bits per heavy atom. The molecule has 8 heteroatoms. The lowest BCUT2D eigenvalue weighted by molar-refractivity contribution is -0.131. The molecule has 0 radical (unpaired) electrons. The highest BCUT2D eigenvalue weighted by atomic mass is 35.5. The zero-order chi connectivity index (χ0) is 22.1. The third kappa shape index (κ3) is 4.43. The van der Waals surface area contributed by atoms with Gasteiger partial charge in [0.1, 0.15) is 0 Å². The van der Waals surface area contributed by atoms with Gasteiger partial charge in [0.25, 0.3) is 5.56 Å². The number of hydrogen-bond acceptors (Lipinski definition) is 5. The summed E-state index contributed by atoms with van der Waals surface area (Å²) in [6, 6.07) is 11.4. The highest BCUT2D eigenvalue weighted by Gasteiger charge is 2.27. The van der Waals surface area contributed by atoms with Crippen molar-refractivity contribution in [2.45, 2.75) is 25.9 Å². The summed E-state index contributed by atoms with van der Waals surface area (Å²) in [4.78, 5) is 29.0. The topological polar surface area (TPSA) is 81.3 Å². The van der Waals surface area contributed by atoms with Crippen LogP contribution in [-0.2, 0) is 17.8 Å². The van der Waals surface area contributed by atoms with Crippen LogP contribution in [0, 0.1) is 0 Å². The quantitative estimate of drug-likeness (QED) is 0.638. The molecule has 7 nitrogen and oxygen atoms in total. The number of carbonyl (C=O) groups is 1. The number of aromatic nitrogens is 2. The molecule has 1 aliphatic rings. The summed E-state index contributed by atoms with van der Waals surface area (Å²) in [7, 11) is 3.90. The maximum Gasteiger partial charge on any atom is 0.272 e. The van der Waals surface area contributed by atoms with Crippen molar-refractivity contribution in [2.24, 2.45) is 0 Å². The molecule has 4 rings (SSSR count). The first-order valence-corrected chi connectivity index (χ1v) is 10.7. The van der Waals surface area contributed by atoms with E-state index in [4.69, 9.17) is 11.6 Å². The minimum atomic E-state index is -0.221. The summed E-state index contributed by atoms with van der Waals surface area (Å²) in [5, 5.41) is 12.1. The van der Waals surface area contributed by atoms with Gasteiger partial charge in [-0.15, -0.1) is 0 Å². The number of nitrogens with zero attached hydrogens (tertiary/aromatic N) is 3. The molecule has 31 heavy (non-hydrogen) atoms.